The molecule has 2 atom stereocenters. The Morgan fingerprint density at radius 3 is 2.20 bits per heavy atom. The van der Waals surface area contributed by atoms with Gasteiger partial charge in [0, 0.05) is 11.8 Å². The van der Waals surface area contributed by atoms with Gasteiger partial charge in [-0.05, 0) is 6.92 Å². The highest BCUT2D eigenvalue weighted by atomic mass is 16.6. The Morgan fingerprint density at radius 2 is 2.20 bits per heavy atom. The fourth-order valence-corrected chi connectivity index (χ4v) is 0.342. The molecule has 0 aromatic carbocycles. The lowest BCUT2D eigenvalue weighted by Crippen LogP contribution is -2.48. The molecule has 5 nitrogen and oxygen atoms in total. The highest BCUT2D eigenvalue weighted by molar-refractivity contribution is 4.78. The van der Waals surface area contributed by atoms with Crippen molar-refractivity contribution >= 4 is 0 Å². The summed E-state index contributed by atoms with van der Waals surface area (Å²) in [5.41, 5.74) is -1.62. The van der Waals surface area contributed by atoms with E-state index in [1.54, 1.807) is 0 Å². The summed E-state index contributed by atoms with van der Waals surface area (Å²) in [6.45, 7) is 1.81. The van der Waals surface area contributed by atoms with E-state index >= 15 is 0 Å². The molecule has 0 heterocycles. The molecule has 2 unspecified atom stereocenters. The highest BCUT2D eigenvalue weighted by Crippen LogP contribution is 2.12. The molecule has 0 aliphatic rings. The average molecular weight is 149 g/mol. The van der Waals surface area contributed by atoms with Gasteiger partial charge in [-0.2, -0.15) is 0 Å². The second-order valence-electron chi connectivity index (χ2n) is 2.45. The van der Waals surface area contributed by atoms with Crippen molar-refractivity contribution in [3.8, 4) is 0 Å². The lowest BCUT2D eigenvalue weighted by atomic mass is 9.99. The van der Waals surface area contributed by atoms with Crippen LogP contribution in [0.4, 0.5) is 0 Å². The summed E-state index contributed by atoms with van der Waals surface area (Å²) in [6, 6.07) is 0. The Kier molecular flexibility index (Phi) is 2.74. The van der Waals surface area contributed by atoms with Gasteiger partial charge in [-0.15, -0.1) is 0 Å². The summed E-state index contributed by atoms with van der Waals surface area (Å²) in [5.74, 6) is 0. The Hall–Kier alpha value is -0.680. The van der Waals surface area contributed by atoms with Gasteiger partial charge in [-0.1, -0.05) is 0 Å². The zero-order chi connectivity index (χ0) is 8.36. The van der Waals surface area contributed by atoms with Gasteiger partial charge in [0.25, 0.3) is 5.54 Å². The van der Waals surface area contributed by atoms with Crippen LogP contribution >= 0.6 is 0 Å². The van der Waals surface area contributed by atoms with Crippen LogP contribution in [-0.4, -0.2) is 33.4 Å². The van der Waals surface area contributed by atoms with Crippen molar-refractivity contribution in [2.24, 2.45) is 0 Å². The van der Waals surface area contributed by atoms with Crippen LogP contribution in [-0.2, 0) is 0 Å². The molecule has 10 heavy (non-hydrogen) atoms. The molecule has 0 saturated carbocycles. The SMILES string of the molecule is CC(O)C(C)(CO)[N+](=O)[O-]. The van der Waals surface area contributed by atoms with Gasteiger partial charge in [-0.3, -0.25) is 10.1 Å². The molecular formula is C5H11NO4. The van der Waals surface area contributed by atoms with Crippen LogP contribution < -0.4 is 0 Å². The molecule has 0 aliphatic heterocycles. The van der Waals surface area contributed by atoms with Gasteiger partial charge in [0.2, 0.25) is 0 Å². The molecule has 0 rings (SSSR count). The predicted molar refractivity (Wildman–Crippen MR) is 34.2 cm³/mol. The van der Waals surface area contributed by atoms with Crippen LogP contribution in [0.15, 0.2) is 0 Å². The lowest BCUT2D eigenvalue weighted by molar-refractivity contribution is -0.580. The van der Waals surface area contributed by atoms with Crippen LogP contribution in [0.3, 0.4) is 0 Å². The summed E-state index contributed by atoms with van der Waals surface area (Å²) < 4.78 is 0. The maximum absolute atomic E-state index is 10.2. The molecule has 0 amide bonds. The summed E-state index contributed by atoms with van der Waals surface area (Å²) >= 11 is 0. The largest absolute Gasteiger partial charge is 0.389 e. The zero-order valence-electron chi connectivity index (χ0n) is 5.94. The van der Waals surface area contributed by atoms with Gasteiger partial charge in [-0.25, -0.2) is 0 Å². The lowest BCUT2D eigenvalue weighted by Gasteiger charge is -2.20. The molecule has 0 bridgehead atoms. The van der Waals surface area contributed by atoms with Crippen molar-refractivity contribution in [1.82, 2.24) is 0 Å². The number of aliphatic hydroxyl groups excluding tert-OH is 2. The molecule has 0 fully saturated rings. The zero-order valence-corrected chi connectivity index (χ0v) is 5.94. The summed E-state index contributed by atoms with van der Waals surface area (Å²) in [4.78, 5) is 9.50. The second-order valence-corrected chi connectivity index (χ2v) is 2.45. The van der Waals surface area contributed by atoms with E-state index in [2.05, 4.69) is 0 Å². The molecule has 0 saturated heterocycles. The first-order chi connectivity index (χ1) is 4.45. The van der Waals surface area contributed by atoms with Crippen LogP contribution in [0, 0.1) is 10.1 Å². The maximum Gasteiger partial charge on any atom is 0.267 e. The molecule has 2 N–H and O–H groups in total. The van der Waals surface area contributed by atoms with E-state index < -0.39 is 23.2 Å². The first-order valence-corrected chi connectivity index (χ1v) is 2.88. The van der Waals surface area contributed by atoms with Crippen LogP contribution in [0.1, 0.15) is 13.8 Å². The van der Waals surface area contributed by atoms with Crippen molar-refractivity contribution in [1.29, 1.82) is 0 Å². The quantitative estimate of drug-likeness (QED) is 0.414. The number of hydrogen-bond acceptors (Lipinski definition) is 4. The standard InChI is InChI=1S/C5H11NO4/c1-4(8)5(2,3-7)6(9)10/h4,7-8H,3H2,1-2H3. The summed E-state index contributed by atoms with van der Waals surface area (Å²) in [5, 5.41) is 27.5. The number of nitro groups is 1. The minimum Gasteiger partial charge on any atom is -0.389 e. The van der Waals surface area contributed by atoms with Gasteiger partial charge in [0.15, 0.2) is 0 Å². The van der Waals surface area contributed by atoms with Gasteiger partial charge >= 0.3 is 0 Å². The summed E-state index contributed by atoms with van der Waals surface area (Å²) in [7, 11) is 0. The van der Waals surface area contributed by atoms with E-state index in [1.807, 2.05) is 0 Å². The number of nitrogens with zero attached hydrogens (tertiary/aromatic N) is 1. The number of aliphatic hydroxyl groups is 2. The first-order valence-electron chi connectivity index (χ1n) is 2.88. The molecule has 0 radical (unpaired) electrons. The van der Waals surface area contributed by atoms with E-state index in [1.165, 1.54) is 13.8 Å². The molecule has 0 spiro atoms. The smallest absolute Gasteiger partial charge is 0.267 e. The molecule has 0 aromatic heterocycles. The van der Waals surface area contributed by atoms with Gasteiger partial charge in [0.05, 0.1) is 0 Å². The Bertz CT molecular complexity index is 136. The van der Waals surface area contributed by atoms with E-state index in [4.69, 9.17) is 10.2 Å². The van der Waals surface area contributed by atoms with Crippen LogP contribution in [0.25, 0.3) is 0 Å². The average Bonchev–Trinajstić information content (AvgIpc) is 1.85. The van der Waals surface area contributed by atoms with Crippen LogP contribution in [0.5, 0.6) is 0 Å². The van der Waals surface area contributed by atoms with Gasteiger partial charge < -0.3 is 10.2 Å². The Labute approximate surface area is 58.4 Å². The number of hydrogen-bond donors (Lipinski definition) is 2. The van der Waals surface area contributed by atoms with Crippen molar-refractivity contribution in [3.05, 3.63) is 10.1 Å². The second kappa shape index (κ2) is 2.94. The molecule has 0 aliphatic carbocycles. The van der Waals surface area contributed by atoms with Crippen molar-refractivity contribution in [2.75, 3.05) is 6.61 Å². The topological polar surface area (TPSA) is 83.6 Å². The van der Waals surface area contributed by atoms with E-state index in [-0.39, 0.29) is 0 Å². The minimum absolute atomic E-state index is 0.655. The first kappa shape index (κ1) is 9.32. The highest BCUT2D eigenvalue weighted by Gasteiger charge is 2.41. The third kappa shape index (κ3) is 1.43. The molecule has 0 aromatic rings. The van der Waals surface area contributed by atoms with Crippen molar-refractivity contribution in [3.63, 3.8) is 0 Å². The Balaban J connectivity index is 4.38. The fourth-order valence-electron chi connectivity index (χ4n) is 0.342. The maximum atomic E-state index is 10.2. The van der Waals surface area contributed by atoms with Crippen molar-refractivity contribution in [2.45, 2.75) is 25.5 Å². The Morgan fingerprint density at radius 1 is 1.80 bits per heavy atom. The van der Waals surface area contributed by atoms with Crippen LogP contribution in [0.2, 0.25) is 0 Å². The molecule has 60 valence electrons. The van der Waals surface area contributed by atoms with E-state index in [9.17, 15) is 10.1 Å². The van der Waals surface area contributed by atoms with Crippen molar-refractivity contribution < 1.29 is 15.1 Å². The number of rotatable bonds is 3. The molecule has 5 heteroatoms. The van der Waals surface area contributed by atoms with E-state index in [0.717, 1.165) is 0 Å². The van der Waals surface area contributed by atoms with E-state index in [0.29, 0.717) is 0 Å². The third-order valence-electron chi connectivity index (χ3n) is 1.64. The molecular weight excluding hydrogens is 138 g/mol. The fraction of sp³-hybridized carbons (Fsp3) is 1.00. The normalized spacial score (nSPS) is 19.6. The predicted octanol–water partition coefficient (Wildman–Crippen LogP) is -0.605. The third-order valence-corrected chi connectivity index (χ3v) is 1.64. The van der Waals surface area contributed by atoms with Gasteiger partial charge in [0.1, 0.15) is 12.7 Å². The summed E-state index contributed by atoms with van der Waals surface area (Å²) in [6.07, 6.45) is -1.15. The minimum atomic E-state index is -1.62. The monoisotopic (exact) mass is 149 g/mol.